The summed E-state index contributed by atoms with van der Waals surface area (Å²) in [6, 6.07) is 10.5. The molecule has 25 heavy (non-hydrogen) atoms. The van der Waals surface area contributed by atoms with Crippen molar-refractivity contribution in [3.8, 4) is 11.5 Å². The Bertz CT molecular complexity index is 791. The number of carbonyl (C=O) groups is 2. The molecule has 130 valence electrons. The van der Waals surface area contributed by atoms with Gasteiger partial charge in [0.25, 0.3) is 5.91 Å². The second-order valence-corrected chi connectivity index (χ2v) is 5.45. The van der Waals surface area contributed by atoms with Crippen LogP contribution in [-0.2, 0) is 20.9 Å². The Labute approximate surface area is 143 Å². The van der Waals surface area contributed by atoms with Crippen LogP contribution >= 0.6 is 0 Å². The summed E-state index contributed by atoms with van der Waals surface area (Å²) in [5.41, 5.74) is 1.19. The normalized spacial score (nSPS) is 13.2. The standard InChI is InChI=1S/C18H16FNO5/c1-11(21)25-17(13-3-5-14(19)6-4-13)18(22)20-9-12-2-7-15-16(8-12)24-10-23-15/h2-8,17H,9-10H2,1H3,(H,20,22)/t17-/m1/s1. The summed E-state index contributed by atoms with van der Waals surface area (Å²) >= 11 is 0. The molecule has 0 saturated carbocycles. The highest BCUT2D eigenvalue weighted by Crippen LogP contribution is 2.32. The number of hydrogen-bond donors (Lipinski definition) is 1. The van der Waals surface area contributed by atoms with Gasteiger partial charge in [-0.05, 0) is 29.8 Å². The molecule has 0 aliphatic carbocycles. The third-order valence-corrected chi connectivity index (χ3v) is 3.60. The molecular weight excluding hydrogens is 329 g/mol. The van der Waals surface area contributed by atoms with Crippen molar-refractivity contribution < 1.29 is 28.2 Å². The predicted molar refractivity (Wildman–Crippen MR) is 85.3 cm³/mol. The summed E-state index contributed by atoms with van der Waals surface area (Å²) in [5.74, 6) is -0.279. The van der Waals surface area contributed by atoms with E-state index in [0.29, 0.717) is 17.1 Å². The van der Waals surface area contributed by atoms with Crippen LogP contribution in [0.2, 0.25) is 0 Å². The molecule has 1 heterocycles. The summed E-state index contributed by atoms with van der Waals surface area (Å²) in [6.07, 6.45) is -1.15. The summed E-state index contributed by atoms with van der Waals surface area (Å²) in [7, 11) is 0. The number of fused-ring (bicyclic) bond motifs is 1. The van der Waals surface area contributed by atoms with Crippen LogP contribution in [0.3, 0.4) is 0 Å². The number of rotatable bonds is 5. The maximum atomic E-state index is 13.1. The molecule has 6 nitrogen and oxygen atoms in total. The molecule has 1 N–H and O–H groups in total. The van der Waals surface area contributed by atoms with Crippen molar-refractivity contribution >= 4 is 11.9 Å². The number of carbonyl (C=O) groups excluding carboxylic acids is 2. The molecule has 1 aliphatic rings. The third-order valence-electron chi connectivity index (χ3n) is 3.60. The van der Waals surface area contributed by atoms with Crippen molar-refractivity contribution in [1.29, 1.82) is 0 Å². The zero-order valence-corrected chi connectivity index (χ0v) is 13.5. The van der Waals surface area contributed by atoms with Crippen LogP contribution < -0.4 is 14.8 Å². The Morgan fingerprint density at radius 3 is 2.60 bits per heavy atom. The highest BCUT2D eigenvalue weighted by Gasteiger charge is 2.24. The molecule has 1 amide bonds. The second kappa shape index (κ2) is 7.21. The number of benzene rings is 2. The number of esters is 1. The number of ether oxygens (including phenoxy) is 3. The number of halogens is 1. The van der Waals surface area contributed by atoms with Gasteiger partial charge < -0.3 is 19.5 Å². The maximum absolute atomic E-state index is 13.1. The van der Waals surface area contributed by atoms with Gasteiger partial charge in [-0.15, -0.1) is 0 Å². The van der Waals surface area contributed by atoms with Gasteiger partial charge in [0.2, 0.25) is 12.9 Å². The molecule has 1 atom stereocenters. The summed E-state index contributed by atoms with van der Waals surface area (Å²) < 4.78 is 28.7. The molecule has 0 spiro atoms. The first-order valence-electron chi connectivity index (χ1n) is 7.62. The third kappa shape index (κ3) is 4.06. The number of hydrogen-bond acceptors (Lipinski definition) is 5. The molecule has 3 rings (SSSR count). The van der Waals surface area contributed by atoms with E-state index >= 15 is 0 Å². The molecule has 0 bridgehead atoms. The molecule has 1 aliphatic heterocycles. The lowest BCUT2D eigenvalue weighted by Crippen LogP contribution is -2.31. The van der Waals surface area contributed by atoms with Crippen LogP contribution in [0.5, 0.6) is 11.5 Å². The Balaban J connectivity index is 1.69. The van der Waals surface area contributed by atoms with Crippen molar-refractivity contribution in [2.24, 2.45) is 0 Å². The first-order chi connectivity index (χ1) is 12.0. The van der Waals surface area contributed by atoms with Crippen molar-refractivity contribution in [2.75, 3.05) is 6.79 Å². The molecule has 0 fully saturated rings. The second-order valence-electron chi connectivity index (χ2n) is 5.45. The lowest BCUT2D eigenvalue weighted by Gasteiger charge is -2.17. The molecule has 0 aromatic heterocycles. The highest BCUT2D eigenvalue weighted by molar-refractivity contribution is 5.84. The summed E-state index contributed by atoms with van der Waals surface area (Å²) in [5, 5.41) is 2.70. The van der Waals surface area contributed by atoms with Gasteiger partial charge in [0.15, 0.2) is 11.5 Å². The SMILES string of the molecule is CC(=O)O[C@@H](C(=O)NCc1ccc2c(c1)OCO2)c1ccc(F)cc1. The van der Waals surface area contributed by atoms with Gasteiger partial charge >= 0.3 is 5.97 Å². The lowest BCUT2D eigenvalue weighted by atomic mass is 10.1. The van der Waals surface area contributed by atoms with Gasteiger partial charge in [0.1, 0.15) is 5.82 Å². The molecule has 7 heteroatoms. The molecule has 0 saturated heterocycles. The first kappa shape index (κ1) is 16.8. The summed E-state index contributed by atoms with van der Waals surface area (Å²) in [4.78, 5) is 23.7. The van der Waals surface area contributed by atoms with Gasteiger partial charge in [-0.2, -0.15) is 0 Å². The minimum Gasteiger partial charge on any atom is -0.454 e. The first-order valence-corrected chi connectivity index (χ1v) is 7.62. The molecule has 0 radical (unpaired) electrons. The molecule has 0 unspecified atom stereocenters. The Hall–Kier alpha value is -3.09. The minimum atomic E-state index is -1.15. The van der Waals surface area contributed by atoms with Crippen LogP contribution in [0, 0.1) is 5.82 Å². The van der Waals surface area contributed by atoms with E-state index in [9.17, 15) is 14.0 Å². The molecule has 2 aromatic carbocycles. The van der Waals surface area contributed by atoms with E-state index in [4.69, 9.17) is 14.2 Å². The van der Waals surface area contributed by atoms with Crippen LogP contribution in [0.25, 0.3) is 0 Å². The van der Waals surface area contributed by atoms with E-state index in [1.807, 2.05) is 0 Å². The lowest BCUT2D eigenvalue weighted by molar-refractivity contribution is -0.154. The fraction of sp³-hybridized carbons (Fsp3) is 0.222. The van der Waals surface area contributed by atoms with Crippen molar-refractivity contribution in [3.63, 3.8) is 0 Å². The van der Waals surface area contributed by atoms with Gasteiger partial charge in [-0.25, -0.2) is 4.39 Å². The average molecular weight is 345 g/mol. The van der Waals surface area contributed by atoms with Crippen LogP contribution in [0.15, 0.2) is 42.5 Å². The topological polar surface area (TPSA) is 73.9 Å². The van der Waals surface area contributed by atoms with Gasteiger partial charge in [0.05, 0.1) is 0 Å². The van der Waals surface area contributed by atoms with Crippen LogP contribution in [0.4, 0.5) is 4.39 Å². The Kier molecular flexibility index (Phi) is 4.83. The van der Waals surface area contributed by atoms with E-state index in [1.54, 1.807) is 18.2 Å². The molecule has 2 aromatic rings. The predicted octanol–water partition coefficient (Wildman–Crippen LogP) is 2.48. The monoisotopic (exact) mass is 345 g/mol. The van der Waals surface area contributed by atoms with E-state index in [2.05, 4.69) is 5.32 Å². The maximum Gasteiger partial charge on any atom is 0.303 e. The van der Waals surface area contributed by atoms with Crippen molar-refractivity contribution in [1.82, 2.24) is 5.32 Å². The molecular formula is C18H16FNO5. The van der Waals surface area contributed by atoms with E-state index in [0.717, 1.165) is 5.56 Å². The quantitative estimate of drug-likeness (QED) is 0.843. The summed E-state index contributed by atoms with van der Waals surface area (Å²) in [6.45, 7) is 1.60. The van der Waals surface area contributed by atoms with Gasteiger partial charge in [0, 0.05) is 19.0 Å². The van der Waals surface area contributed by atoms with E-state index < -0.39 is 23.8 Å². The van der Waals surface area contributed by atoms with Crippen LogP contribution in [0.1, 0.15) is 24.2 Å². The number of amides is 1. The van der Waals surface area contributed by atoms with E-state index in [1.165, 1.54) is 31.2 Å². The zero-order valence-electron chi connectivity index (χ0n) is 13.5. The van der Waals surface area contributed by atoms with Gasteiger partial charge in [-0.1, -0.05) is 18.2 Å². The van der Waals surface area contributed by atoms with Crippen molar-refractivity contribution in [3.05, 3.63) is 59.4 Å². The minimum absolute atomic E-state index is 0.171. The fourth-order valence-electron chi connectivity index (χ4n) is 2.41. The zero-order chi connectivity index (χ0) is 17.8. The van der Waals surface area contributed by atoms with E-state index in [-0.39, 0.29) is 13.3 Å². The number of nitrogens with one attached hydrogen (secondary N) is 1. The Morgan fingerprint density at radius 2 is 1.88 bits per heavy atom. The van der Waals surface area contributed by atoms with Gasteiger partial charge in [-0.3, -0.25) is 9.59 Å². The fourth-order valence-corrected chi connectivity index (χ4v) is 2.41. The highest BCUT2D eigenvalue weighted by atomic mass is 19.1. The Morgan fingerprint density at radius 1 is 1.16 bits per heavy atom. The van der Waals surface area contributed by atoms with Crippen molar-refractivity contribution in [2.45, 2.75) is 19.6 Å². The largest absolute Gasteiger partial charge is 0.454 e. The average Bonchev–Trinajstić information content (AvgIpc) is 3.06. The smallest absolute Gasteiger partial charge is 0.303 e. The van der Waals surface area contributed by atoms with Crippen LogP contribution in [-0.4, -0.2) is 18.7 Å².